The number of fused-ring (bicyclic) bond motifs is 1. The van der Waals surface area contributed by atoms with Gasteiger partial charge in [-0.1, -0.05) is 119 Å². The summed E-state index contributed by atoms with van der Waals surface area (Å²) >= 11 is 3.57. The molecule has 0 aliphatic carbocycles. The number of hydrogen-bond acceptors (Lipinski definition) is 3. The molecule has 166 valence electrons. The zero-order valence-corrected chi connectivity index (χ0v) is 20.4. The van der Waals surface area contributed by atoms with Crippen molar-refractivity contribution in [1.82, 2.24) is 15.0 Å². The molecule has 0 N–H and O–H groups in total. The minimum Gasteiger partial charge on any atom is -0.208 e. The van der Waals surface area contributed by atoms with E-state index in [1.165, 1.54) is 16.3 Å². The van der Waals surface area contributed by atoms with Crippen LogP contribution in [0.1, 0.15) is 0 Å². The van der Waals surface area contributed by atoms with Gasteiger partial charge >= 0.3 is 0 Å². The molecular formula is C31H20BrN3. The molecule has 5 aromatic carbocycles. The minimum atomic E-state index is 0.659. The fourth-order valence-electron chi connectivity index (χ4n) is 4.15. The fourth-order valence-corrected chi connectivity index (χ4v) is 4.53. The molecule has 0 aliphatic rings. The summed E-state index contributed by atoms with van der Waals surface area (Å²) in [4.78, 5) is 14.4. The van der Waals surface area contributed by atoms with Crippen LogP contribution >= 0.6 is 15.9 Å². The number of aromatic nitrogens is 3. The van der Waals surface area contributed by atoms with Crippen molar-refractivity contribution >= 4 is 26.7 Å². The van der Waals surface area contributed by atoms with E-state index in [0.29, 0.717) is 17.5 Å². The Morgan fingerprint density at radius 2 is 0.829 bits per heavy atom. The summed E-state index contributed by atoms with van der Waals surface area (Å²) in [6.07, 6.45) is 0. The molecule has 0 saturated carbocycles. The second kappa shape index (κ2) is 9.24. The maximum absolute atomic E-state index is 4.83. The standard InChI is InChI=1S/C31H20BrN3/c32-28-18-17-22-13-16-26(19-27(22)20-28)21-11-14-25(15-12-21)31-34-29(23-7-3-1-4-8-23)33-30(35-31)24-9-5-2-6-10-24/h1-20H. The molecule has 0 amide bonds. The molecule has 1 heterocycles. The van der Waals surface area contributed by atoms with Gasteiger partial charge in [0.25, 0.3) is 0 Å². The molecule has 0 fully saturated rings. The lowest BCUT2D eigenvalue weighted by molar-refractivity contribution is 1.07. The Kier molecular flexibility index (Phi) is 5.65. The first-order valence-electron chi connectivity index (χ1n) is 11.4. The Morgan fingerprint density at radius 3 is 1.40 bits per heavy atom. The fraction of sp³-hybridized carbons (Fsp3) is 0. The van der Waals surface area contributed by atoms with Crippen molar-refractivity contribution in [2.75, 3.05) is 0 Å². The van der Waals surface area contributed by atoms with Crippen LogP contribution < -0.4 is 0 Å². The molecule has 1 aromatic heterocycles. The summed E-state index contributed by atoms with van der Waals surface area (Å²) in [6.45, 7) is 0. The van der Waals surface area contributed by atoms with Crippen molar-refractivity contribution in [2.45, 2.75) is 0 Å². The first-order chi connectivity index (χ1) is 17.2. The highest BCUT2D eigenvalue weighted by Crippen LogP contribution is 2.29. The summed E-state index contributed by atoms with van der Waals surface area (Å²) in [5.41, 5.74) is 5.21. The van der Waals surface area contributed by atoms with Crippen LogP contribution in [-0.4, -0.2) is 15.0 Å². The lowest BCUT2D eigenvalue weighted by Gasteiger charge is -2.09. The lowest BCUT2D eigenvalue weighted by Crippen LogP contribution is -2.00. The third-order valence-corrected chi connectivity index (χ3v) is 6.47. The molecule has 0 radical (unpaired) electrons. The van der Waals surface area contributed by atoms with E-state index in [1.807, 2.05) is 60.7 Å². The van der Waals surface area contributed by atoms with Gasteiger partial charge in [0.1, 0.15) is 0 Å². The Labute approximate surface area is 212 Å². The predicted octanol–water partition coefficient (Wildman–Crippen LogP) is 8.46. The van der Waals surface area contributed by atoms with Crippen LogP contribution in [0.5, 0.6) is 0 Å². The van der Waals surface area contributed by atoms with Gasteiger partial charge in [0.2, 0.25) is 0 Å². The Bertz CT molecular complexity index is 1570. The summed E-state index contributed by atoms with van der Waals surface area (Å²) in [5.74, 6) is 1.99. The zero-order chi connectivity index (χ0) is 23.6. The summed E-state index contributed by atoms with van der Waals surface area (Å²) in [5, 5.41) is 2.43. The van der Waals surface area contributed by atoms with Gasteiger partial charge < -0.3 is 0 Å². The highest BCUT2D eigenvalue weighted by molar-refractivity contribution is 9.10. The molecule has 0 saturated heterocycles. The molecule has 3 nitrogen and oxygen atoms in total. The maximum Gasteiger partial charge on any atom is 0.164 e. The van der Waals surface area contributed by atoms with Crippen LogP contribution in [-0.2, 0) is 0 Å². The average Bonchev–Trinajstić information content (AvgIpc) is 2.93. The SMILES string of the molecule is Brc1ccc2ccc(-c3ccc(-c4nc(-c5ccccc5)nc(-c5ccccc5)n4)cc3)cc2c1. The van der Waals surface area contributed by atoms with E-state index in [1.54, 1.807) is 0 Å². The highest BCUT2D eigenvalue weighted by Gasteiger charge is 2.12. The van der Waals surface area contributed by atoms with E-state index in [2.05, 4.69) is 76.6 Å². The molecule has 0 atom stereocenters. The molecule has 4 heteroatoms. The molecule has 0 unspecified atom stereocenters. The number of halogens is 1. The summed E-state index contributed by atoms with van der Waals surface area (Å²) in [6, 6.07) is 41.4. The highest BCUT2D eigenvalue weighted by atomic mass is 79.9. The van der Waals surface area contributed by atoms with Gasteiger partial charge in [-0.15, -0.1) is 0 Å². The van der Waals surface area contributed by atoms with E-state index < -0.39 is 0 Å². The Balaban J connectivity index is 1.41. The molecule has 0 spiro atoms. The molecule has 6 aromatic rings. The van der Waals surface area contributed by atoms with Crippen LogP contribution in [0, 0.1) is 0 Å². The predicted molar refractivity (Wildman–Crippen MR) is 147 cm³/mol. The van der Waals surface area contributed by atoms with Crippen molar-refractivity contribution in [2.24, 2.45) is 0 Å². The van der Waals surface area contributed by atoms with E-state index >= 15 is 0 Å². The number of benzene rings is 5. The van der Waals surface area contributed by atoms with Gasteiger partial charge in [-0.3, -0.25) is 0 Å². The van der Waals surface area contributed by atoms with Crippen LogP contribution in [0.25, 0.3) is 56.1 Å². The van der Waals surface area contributed by atoms with Crippen molar-refractivity contribution in [3.05, 3.63) is 126 Å². The molecule has 35 heavy (non-hydrogen) atoms. The number of rotatable bonds is 4. The molecular weight excluding hydrogens is 494 g/mol. The van der Waals surface area contributed by atoms with Crippen LogP contribution in [0.4, 0.5) is 0 Å². The van der Waals surface area contributed by atoms with Crippen LogP contribution in [0.15, 0.2) is 126 Å². The summed E-state index contributed by atoms with van der Waals surface area (Å²) in [7, 11) is 0. The van der Waals surface area contributed by atoms with Gasteiger partial charge in [0, 0.05) is 21.2 Å². The van der Waals surface area contributed by atoms with Crippen molar-refractivity contribution in [3.63, 3.8) is 0 Å². The first kappa shape index (κ1) is 21.4. The smallest absolute Gasteiger partial charge is 0.164 e. The summed E-state index contributed by atoms with van der Waals surface area (Å²) < 4.78 is 1.08. The molecule has 6 rings (SSSR count). The largest absolute Gasteiger partial charge is 0.208 e. The van der Waals surface area contributed by atoms with Gasteiger partial charge in [-0.2, -0.15) is 0 Å². The van der Waals surface area contributed by atoms with Gasteiger partial charge in [0.15, 0.2) is 17.5 Å². The first-order valence-corrected chi connectivity index (χ1v) is 12.2. The van der Waals surface area contributed by atoms with E-state index in [-0.39, 0.29) is 0 Å². The van der Waals surface area contributed by atoms with E-state index in [0.717, 1.165) is 26.7 Å². The van der Waals surface area contributed by atoms with Crippen LogP contribution in [0.2, 0.25) is 0 Å². The van der Waals surface area contributed by atoms with E-state index in [9.17, 15) is 0 Å². The maximum atomic E-state index is 4.83. The van der Waals surface area contributed by atoms with Gasteiger partial charge in [-0.05, 0) is 40.1 Å². The number of hydrogen-bond donors (Lipinski definition) is 0. The van der Waals surface area contributed by atoms with Gasteiger partial charge in [-0.25, -0.2) is 15.0 Å². The van der Waals surface area contributed by atoms with Crippen molar-refractivity contribution in [3.8, 4) is 45.3 Å². The normalized spacial score (nSPS) is 11.0. The van der Waals surface area contributed by atoms with Gasteiger partial charge in [0.05, 0.1) is 0 Å². The third kappa shape index (κ3) is 4.48. The zero-order valence-electron chi connectivity index (χ0n) is 18.8. The van der Waals surface area contributed by atoms with Crippen molar-refractivity contribution < 1.29 is 0 Å². The Morgan fingerprint density at radius 1 is 0.371 bits per heavy atom. The molecule has 0 bridgehead atoms. The lowest BCUT2D eigenvalue weighted by atomic mass is 10.00. The average molecular weight is 514 g/mol. The quantitative estimate of drug-likeness (QED) is 0.237. The second-order valence-electron chi connectivity index (χ2n) is 8.32. The minimum absolute atomic E-state index is 0.659. The van der Waals surface area contributed by atoms with Crippen molar-refractivity contribution in [1.29, 1.82) is 0 Å². The number of nitrogens with zero attached hydrogens (tertiary/aromatic N) is 3. The second-order valence-corrected chi connectivity index (χ2v) is 9.24. The van der Waals surface area contributed by atoms with E-state index in [4.69, 9.17) is 15.0 Å². The third-order valence-electron chi connectivity index (χ3n) is 5.98. The van der Waals surface area contributed by atoms with Crippen LogP contribution in [0.3, 0.4) is 0 Å². The Hall–Kier alpha value is -4.15. The molecule has 0 aliphatic heterocycles. The monoisotopic (exact) mass is 513 g/mol. The topological polar surface area (TPSA) is 38.7 Å².